The van der Waals surface area contributed by atoms with Crippen LogP contribution in [0.3, 0.4) is 0 Å². The number of benzene rings is 1. The molecular formula is C15H22N2O4. The van der Waals surface area contributed by atoms with E-state index in [1.54, 1.807) is 12.1 Å². The second-order valence-electron chi connectivity index (χ2n) is 5.24. The lowest BCUT2D eigenvalue weighted by molar-refractivity contribution is 0.0380. The third-order valence-corrected chi connectivity index (χ3v) is 2.99. The minimum absolute atomic E-state index is 0.120. The normalized spacial score (nSPS) is 13.0. The highest BCUT2D eigenvalue weighted by Crippen LogP contribution is 2.24. The number of anilines is 1. The molecule has 0 aliphatic rings. The molecule has 0 aromatic heterocycles. The van der Waals surface area contributed by atoms with Gasteiger partial charge in [0.2, 0.25) is 0 Å². The van der Waals surface area contributed by atoms with Gasteiger partial charge < -0.3 is 15.2 Å². The fourth-order valence-electron chi connectivity index (χ4n) is 1.95. The van der Waals surface area contributed by atoms with Gasteiger partial charge >= 0.3 is 12.2 Å². The van der Waals surface area contributed by atoms with Crippen molar-refractivity contribution < 1.29 is 19.1 Å². The zero-order valence-electron chi connectivity index (χ0n) is 12.4. The molecular weight excluding hydrogens is 272 g/mol. The summed E-state index contributed by atoms with van der Waals surface area (Å²) in [5.74, 6) is 0. The Labute approximate surface area is 124 Å². The van der Waals surface area contributed by atoms with Crippen LogP contribution in [-0.4, -0.2) is 25.4 Å². The van der Waals surface area contributed by atoms with E-state index in [-0.39, 0.29) is 13.2 Å². The molecule has 0 bridgehead atoms. The monoisotopic (exact) mass is 294 g/mol. The van der Waals surface area contributed by atoms with Crippen molar-refractivity contribution in [2.24, 2.45) is 11.1 Å². The summed E-state index contributed by atoms with van der Waals surface area (Å²) in [6, 6.07) is 9.02. The molecule has 1 atom stereocenters. The van der Waals surface area contributed by atoms with Gasteiger partial charge in [0.05, 0.1) is 0 Å². The van der Waals surface area contributed by atoms with E-state index in [1.807, 2.05) is 32.0 Å². The van der Waals surface area contributed by atoms with Gasteiger partial charge in [-0.05, 0) is 18.6 Å². The Balaban J connectivity index is 2.48. The lowest BCUT2D eigenvalue weighted by Gasteiger charge is -2.27. The predicted octanol–water partition coefficient (Wildman–Crippen LogP) is 3.14. The van der Waals surface area contributed by atoms with Crippen LogP contribution in [0.4, 0.5) is 15.3 Å². The Hall–Kier alpha value is -2.24. The number of rotatable bonds is 7. The summed E-state index contributed by atoms with van der Waals surface area (Å²) in [6.07, 6.45) is 0.259. The number of para-hydroxylation sites is 1. The van der Waals surface area contributed by atoms with Crippen molar-refractivity contribution in [1.29, 1.82) is 0 Å². The van der Waals surface area contributed by atoms with E-state index in [4.69, 9.17) is 15.2 Å². The zero-order chi connectivity index (χ0) is 15.7. The fraction of sp³-hybridized carbons (Fsp3) is 0.467. The topological polar surface area (TPSA) is 90.7 Å². The average molecular weight is 294 g/mol. The van der Waals surface area contributed by atoms with E-state index in [0.29, 0.717) is 5.69 Å². The molecule has 6 nitrogen and oxygen atoms in total. The van der Waals surface area contributed by atoms with Crippen molar-refractivity contribution in [3.63, 3.8) is 0 Å². The maximum absolute atomic E-state index is 11.7. The molecule has 1 aromatic rings. The highest BCUT2D eigenvalue weighted by molar-refractivity contribution is 5.84. The van der Waals surface area contributed by atoms with E-state index >= 15 is 0 Å². The second-order valence-corrected chi connectivity index (χ2v) is 5.24. The number of carbonyl (C=O) groups is 2. The number of carbonyl (C=O) groups excluding carboxylic acids is 2. The largest absolute Gasteiger partial charge is 0.449 e. The van der Waals surface area contributed by atoms with Gasteiger partial charge in [0, 0.05) is 11.1 Å². The third kappa shape index (κ3) is 6.65. The van der Waals surface area contributed by atoms with E-state index in [1.165, 1.54) is 0 Å². The number of nitrogens with two attached hydrogens (primary N) is 1. The fourth-order valence-corrected chi connectivity index (χ4v) is 1.95. The summed E-state index contributed by atoms with van der Waals surface area (Å²) in [5, 5.41) is 2.63. The number of amides is 2. The zero-order valence-corrected chi connectivity index (χ0v) is 12.4. The quantitative estimate of drug-likeness (QED) is 0.808. The lowest BCUT2D eigenvalue weighted by atomic mass is 9.87. The molecule has 0 heterocycles. The SMILES string of the molecule is CCCC(C)(COC(N)=O)COC(=O)Nc1ccccc1. The number of ether oxygens (including phenoxy) is 2. The van der Waals surface area contributed by atoms with Crippen molar-refractivity contribution in [1.82, 2.24) is 0 Å². The summed E-state index contributed by atoms with van der Waals surface area (Å²) in [7, 11) is 0. The van der Waals surface area contributed by atoms with E-state index in [2.05, 4.69) is 5.32 Å². The van der Waals surface area contributed by atoms with Gasteiger partial charge in [0.1, 0.15) is 13.2 Å². The lowest BCUT2D eigenvalue weighted by Crippen LogP contribution is -2.33. The minimum Gasteiger partial charge on any atom is -0.449 e. The predicted molar refractivity (Wildman–Crippen MR) is 80.0 cm³/mol. The maximum Gasteiger partial charge on any atom is 0.411 e. The molecule has 3 N–H and O–H groups in total. The standard InChI is InChI=1S/C15H22N2O4/c1-3-9-15(2,10-20-13(16)18)11-21-14(19)17-12-7-5-4-6-8-12/h4-8H,3,9-11H2,1-2H3,(H2,16,18)(H,17,19). The third-order valence-electron chi connectivity index (χ3n) is 2.99. The van der Waals surface area contributed by atoms with Crippen LogP contribution in [0.5, 0.6) is 0 Å². The van der Waals surface area contributed by atoms with Crippen molar-refractivity contribution >= 4 is 17.9 Å². The molecule has 0 radical (unpaired) electrons. The summed E-state index contributed by atoms with van der Waals surface area (Å²) in [5.41, 5.74) is 5.19. The Morgan fingerprint density at radius 2 is 1.81 bits per heavy atom. The Bertz CT molecular complexity index is 464. The van der Waals surface area contributed by atoms with Crippen LogP contribution in [0.1, 0.15) is 26.7 Å². The molecule has 0 aliphatic heterocycles. The van der Waals surface area contributed by atoms with Crippen molar-refractivity contribution in [3.05, 3.63) is 30.3 Å². The van der Waals surface area contributed by atoms with Gasteiger partial charge in [0.15, 0.2) is 0 Å². The first kappa shape index (κ1) is 16.8. The summed E-state index contributed by atoms with van der Waals surface area (Å²) in [6.45, 7) is 4.16. The first-order chi connectivity index (χ1) is 9.95. The van der Waals surface area contributed by atoms with E-state index < -0.39 is 17.6 Å². The highest BCUT2D eigenvalue weighted by atomic mass is 16.6. The van der Waals surface area contributed by atoms with Gasteiger partial charge in [-0.3, -0.25) is 5.32 Å². The van der Waals surface area contributed by atoms with Gasteiger partial charge in [0.25, 0.3) is 0 Å². The molecule has 6 heteroatoms. The Morgan fingerprint density at radius 1 is 1.19 bits per heavy atom. The maximum atomic E-state index is 11.7. The number of primary amides is 1. The molecule has 0 saturated carbocycles. The molecule has 1 rings (SSSR count). The van der Waals surface area contributed by atoms with Crippen LogP contribution in [0.15, 0.2) is 30.3 Å². The van der Waals surface area contributed by atoms with Crippen LogP contribution in [-0.2, 0) is 9.47 Å². The van der Waals surface area contributed by atoms with Crippen LogP contribution in [0, 0.1) is 5.41 Å². The molecule has 0 aliphatic carbocycles. The Morgan fingerprint density at radius 3 is 2.38 bits per heavy atom. The van der Waals surface area contributed by atoms with Crippen molar-refractivity contribution in [2.45, 2.75) is 26.7 Å². The summed E-state index contributed by atoms with van der Waals surface area (Å²) >= 11 is 0. The van der Waals surface area contributed by atoms with Gasteiger partial charge in [-0.15, -0.1) is 0 Å². The van der Waals surface area contributed by atoms with E-state index in [0.717, 1.165) is 12.8 Å². The second kappa shape index (κ2) is 8.14. The van der Waals surface area contributed by atoms with Crippen molar-refractivity contribution in [2.75, 3.05) is 18.5 Å². The number of nitrogens with one attached hydrogen (secondary N) is 1. The molecule has 0 spiro atoms. The molecule has 116 valence electrons. The van der Waals surface area contributed by atoms with Crippen LogP contribution >= 0.6 is 0 Å². The minimum atomic E-state index is -0.828. The summed E-state index contributed by atoms with van der Waals surface area (Å²) in [4.78, 5) is 22.4. The van der Waals surface area contributed by atoms with Gasteiger partial charge in [-0.25, -0.2) is 9.59 Å². The average Bonchev–Trinajstić information content (AvgIpc) is 2.45. The summed E-state index contributed by atoms with van der Waals surface area (Å²) < 4.78 is 10.1. The number of hydrogen-bond acceptors (Lipinski definition) is 4. The smallest absolute Gasteiger partial charge is 0.411 e. The van der Waals surface area contributed by atoms with Gasteiger partial charge in [-0.1, -0.05) is 38.5 Å². The molecule has 2 amide bonds. The van der Waals surface area contributed by atoms with Crippen LogP contribution < -0.4 is 11.1 Å². The van der Waals surface area contributed by atoms with Crippen LogP contribution in [0.25, 0.3) is 0 Å². The Kier molecular flexibility index (Phi) is 6.52. The first-order valence-electron chi connectivity index (χ1n) is 6.86. The molecule has 1 unspecified atom stereocenters. The number of hydrogen-bond donors (Lipinski definition) is 2. The molecule has 21 heavy (non-hydrogen) atoms. The van der Waals surface area contributed by atoms with Gasteiger partial charge in [-0.2, -0.15) is 0 Å². The van der Waals surface area contributed by atoms with Crippen molar-refractivity contribution in [3.8, 4) is 0 Å². The van der Waals surface area contributed by atoms with E-state index in [9.17, 15) is 9.59 Å². The first-order valence-corrected chi connectivity index (χ1v) is 6.86. The highest BCUT2D eigenvalue weighted by Gasteiger charge is 2.27. The molecule has 1 aromatic carbocycles. The molecule has 0 saturated heterocycles. The molecule has 0 fully saturated rings. The van der Waals surface area contributed by atoms with Crippen LogP contribution in [0.2, 0.25) is 0 Å².